The first-order valence-electron chi connectivity index (χ1n) is 6.41. The summed E-state index contributed by atoms with van der Waals surface area (Å²) in [7, 11) is 0. The molecule has 0 aliphatic rings. The molecule has 0 aliphatic heterocycles. The Balaban J connectivity index is 2.56. The molecule has 1 aromatic rings. The van der Waals surface area contributed by atoms with Crippen LogP contribution in [0.15, 0.2) is 29.4 Å². The molecule has 3 N–H and O–H groups in total. The van der Waals surface area contributed by atoms with E-state index in [-0.39, 0.29) is 19.8 Å². The van der Waals surface area contributed by atoms with Gasteiger partial charge in [-0.1, -0.05) is 0 Å². The Morgan fingerprint density at radius 2 is 1.85 bits per heavy atom. The molecule has 0 radical (unpaired) electrons. The standard InChI is InChI=1S/C13H20N2O5/c16-8-7-15(6-5-13(18)20-10-9-17)12-3-1-11(14-19)2-4-12/h1-4,13,16-18H,5-10H2. The number of hydrogen-bond acceptors (Lipinski definition) is 7. The molecule has 0 bridgehead atoms. The molecule has 0 amide bonds. The number of rotatable bonds is 10. The molecule has 1 aromatic carbocycles. The minimum Gasteiger partial charge on any atom is -0.395 e. The SMILES string of the molecule is O=Nc1ccc(N(CCO)CCC(O)OCCO)cc1. The molecule has 1 rings (SSSR count). The molecule has 20 heavy (non-hydrogen) atoms. The van der Waals surface area contributed by atoms with Crippen molar-refractivity contribution < 1.29 is 20.1 Å². The molecule has 0 fully saturated rings. The molecular formula is C13H20N2O5. The van der Waals surface area contributed by atoms with Crippen LogP contribution in [-0.2, 0) is 4.74 Å². The van der Waals surface area contributed by atoms with E-state index in [1.54, 1.807) is 24.3 Å². The van der Waals surface area contributed by atoms with Gasteiger partial charge in [0.1, 0.15) is 5.69 Å². The summed E-state index contributed by atoms with van der Waals surface area (Å²) in [5.74, 6) is 0. The molecule has 1 atom stereocenters. The van der Waals surface area contributed by atoms with Crippen LogP contribution in [0.1, 0.15) is 6.42 Å². The van der Waals surface area contributed by atoms with Gasteiger partial charge < -0.3 is 25.0 Å². The lowest BCUT2D eigenvalue weighted by molar-refractivity contribution is -0.109. The summed E-state index contributed by atoms with van der Waals surface area (Å²) >= 11 is 0. The predicted octanol–water partition coefficient (Wildman–Crippen LogP) is 0.601. The molecule has 1 unspecified atom stereocenters. The number of ether oxygens (including phenoxy) is 1. The smallest absolute Gasteiger partial charge is 0.156 e. The normalized spacial score (nSPS) is 12.2. The van der Waals surface area contributed by atoms with E-state index in [2.05, 4.69) is 5.18 Å². The fourth-order valence-electron chi connectivity index (χ4n) is 1.75. The van der Waals surface area contributed by atoms with Gasteiger partial charge in [-0.25, -0.2) is 0 Å². The van der Waals surface area contributed by atoms with Crippen molar-refractivity contribution in [1.82, 2.24) is 0 Å². The fourth-order valence-corrected chi connectivity index (χ4v) is 1.75. The average Bonchev–Trinajstić information content (AvgIpc) is 2.49. The quantitative estimate of drug-likeness (QED) is 0.429. The monoisotopic (exact) mass is 284 g/mol. The maximum Gasteiger partial charge on any atom is 0.156 e. The Hall–Kier alpha value is -1.54. The molecule has 112 valence electrons. The third-order valence-electron chi connectivity index (χ3n) is 2.74. The van der Waals surface area contributed by atoms with Crippen LogP contribution in [0.25, 0.3) is 0 Å². The van der Waals surface area contributed by atoms with Crippen LogP contribution in [0.2, 0.25) is 0 Å². The Bertz CT molecular complexity index is 385. The van der Waals surface area contributed by atoms with Gasteiger partial charge in [0.15, 0.2) is 6.29 Å². The first-order valence-corrected chi connectivity index (χ1v) is 6.41. The zero-order valence-electron chi connectivity index (χ0n) is 11.2. The van der Waals surface area contributed by atoms with Gasteiger partial charge in [-0.05, 0) is 29.4 Å². The Kier molecular flexibility index (Phi) is 7.74. The molecule has 0 aromatic heterocycles. The second kappa shape index (κ2) is 9.38. The predicted molar refractivity (Wildman–Crippen MR) is 74.9 cm³/mol. The molecular weight excluding hydrogens is 264 g/mol. The third-order valence-corrected chi connectivity index (χ3v) is 2.74. The average molecular weight is 284 g/mol. The molecule has 0 aliphatic carbocycles. The van der Waals surface area contributed by atoms with Crippen LogP contribution in [0.4, 0.5) is 11.4 Å². The highest BCUT2D eigenvalue weighted by Gasteiger charge is 2.10. The lowest BCUT2D eigenvalue weighted by Crippen LogP contribution is -2.30. The van der Waals surface area contributed by atoms with Crippen molar-refractivity contribution in [3.05, 3.63) is 29.2 Å². The summed E-state index contributed by atoms with van der Waals surface area (Å²) in [6.45, 7) is 0.793. The summed E-state index contributed by atoms with van der Waals surface area (Å²) in [4.78, 5) is 12.2. The summed E-state index contributed by atoms with van der Waals surface area (Å²) in [5, 5.41) is 30.0. The highest BCUT2D eigenvalue weighted by Crippen LogP contribution is 2.20. The number of benzene rings is 1. The van der Waals surface area contributed by atoms with Crippen LogP contribution in [0.3, 0.4) is 0 Å². The number of nitroso groups, excluding NO2 is 1. The van der Waals surface area contributed by atoms with Crippen molar-refractivity contribution >= 4 is 11.4 Å². The first-order chi connectivity index (χ1) is 9.71. The van der Waals surface area contributed by atoms with E-state index < -0.39 is 6.29 Å². The zero-order chi connectivity index (χ0) is 14.8. The van der Waals surface area contributed by atoms with Crippen LogP contribution in [0, 0.1) is 4.91 Å². The largest absolute Gasteiger partial charge is 0.395 e. The topological polar surface area (TPSA) is 103 Å². The second-order valence-corrected chi connectivity index (χ2v) is 4.16. The number of hydrogen-bond donors (Lipinski definition) is 3. The van der Waals surface area contributed by atoms with Gasteiger partial charge in [0, 0.05) is 25.2 Å². The minimum atomic E-state index is -0.959. The van der Waals surface area contributed by atoms with Gasteiger partial charge >= 0.3 is 0 Å². The van der Waals surface area contributed by atoms with Crippen molar-refractivity contribution in [2.24, 2.45) is 5.18 Å². The highest BCUT2D eigenvalue weighted by atomic mass is 16.6. The van der Waals surface area contributed by atoms with E-state index in [0.29, 0.717) is 25.2 Å². The Morgan fingerprint density at radius 3 is 2.40 bits per heavy atom. The number of anilines is 1. The van der Waals surface area contributed by atoms with Crippen LogP contribution in [0.5, 0.6) is 0 Å². The van der Waals surface area contributed by atoms with Crippen molar-refractivity contribution in [3.8, 4) is 0 Å². The summed E-state index contributed by atoms with van der Waals surface area (Å²) in [5.41, 5.74) is 1.16. The molecule has 0 spiro atoms. The number of nitrogens with zero attached hydrogens (tertiary/aromatic N) is 2. The van der Waals surface area contributed by atoms with E-state index in [4.69, 9.17) is 14.9 Å². The minimum absolute atomic E-state index is 0.0265. The first kappa shape index (κ1) is 16.5. The van der Waals surface area contributed by atoms with E-state index in [1.807, 2.05) is 4.90 Å². The van der Waals surface area contributed by atoms with Crippen molar-refractivity contribution in [2.75, 3.05) is 37.8 Å². The van der Waals surface area contributed by atoms with Crippen LogP contribution >= 0.6 is 0 Å². The Labute approximate surface area is 117 Å². The van der Waals surface area contributed by atoms with Crippen LogP contribution in [-0.4, -0.2) is 54.5 Å². The van der Waals surface area contributed by atoms with Crippen LogP contribution < -0.4 is 4.90 Å². The molecule has 0 saturated carbocycles. The zero-order valence-corrected chi connectivity index (χ0v) is 11.2. The number of aliphatic hydroxyl groups is 3. The maximum absolute atomic E-state index is 10.4. The van der Waals surface area contributed by atoms with Crippen molar-refractivity contribution in [1.29, 1.82) is 0 Å². The van der Waals surface area contributed by atoms with Crippen molar-refractivity contribution in [2.45, 2.75) is 12.7 Å². The Morgan fingerprint density at radius 1 is 1.15 bits per heavy atom. The van der Waals surface area contributed by atoms with E-state index >= 15 is 0 Å². The molecule has 7 nitrogen and oxygen atoms in total. The van der Waals surface area contributed by atoms with Gasteiger partial charge in [0.25, 0.3) is 0 Å². The van der Waals surface area contributed by atoms with E-state index in [9.17, 15) is 10.0 Å². The van der Waals surface area contributed by atoms with E-state index in [0.717, 1.165) is 5.69 Å². The molecule has 0 saturated heterocycles. The van der Waals surface area contributed by atoms with E-state index in [1.165, 1.54) is 0 Å². The number of aliphatic hydroxyl groups excluding tert-OH is 3. The van der Waals surface area contributed by atoms with Gasteiger partial charge in [-0.3, -0.25) is 0 Å². The summed E-state index contributed by atoms with van der Waals surface area (Å²) < 4.78 is 4.95. The van der Waals surface area contributed by atoms with Gasteiger partial charge in [-0.15, -0.1) is 4.91 Å². The highest BCUT2D eigenvalue weighted by molar-refractivity contribution is 5.52. The lowest BCUT2D eigenvalue weighted by atomic mass is 10.2. The fraction of sp³-hybridized carbons (Fsp3) is 0.538. The summed E-state index contributed by atoms with van der Waals surface area (Å²) in [6, 6.07) is 6.64. The molecule has 7 heteroatoms. The van der Waals surface area contributed by atoms with Gasteiger partial charge in [0.2, 0.25) is 0 Å². The van der Waals surface area contributed by atoms with Crippen molar-refractivity contribution in [3.63, 3.8) is 0 Å². The summed E-state index contributed by atoms with van der Waals surface area (Å²) in [6.07, 6.45) is -0.618. The second-order valence-electron chi connectivity index (χ2n) is 4.16. The van der Waals surface area contributed by atoms with Gasteiger partial charge in [-0.2, -0.15) is 0 Å². The third kappa shape index (κ3) is 5.62. The maximum atomic E-state index is 10.4. The lowest BCUT2D eigenvalue weighted by Gasteiger charge is -2.25. The molecule has 0 heterocycles. The van der Waals surface area contributed by atoms with Gasteiger partial charge in [0.05, 0.1) is 19.8 Å².